The van der Waals surface area contributed by atoms with E-state index >= 15 is 0 Å². The van der Waals surface area contributed by atoms with E-state index in [1.807, 2.05) is 19.1 Å². The zero-order chi connectivity index (χ0) is 16.7. The minimum Gasteiger partial charge on any atom is -0.317 e. The van der Waals surface area contributed by atoms with Gasteiger partial charge in [-0.2, -0.15) is 5.10 Å². The minimum atomic E-state index is -0.880. The zero-order valence-electron chi connectivity index (χ0n) is 12.5. The zero-order valence-corrected chi connectivity index (χ0v) is 12.5. The largest absolute Gasteiger partial charge is 0.329 e. The monoisotopic (exact) mass is 313 g/mol. The predicted molar refractivity (Wildman–Crippen MR) is 86.6 cm³/mol. The van der Waals surface area contributed by atoms with E-state index in [2.05, 4.69) is 15.8 Å². The first-order valence-corrected chi connectivity index (χ1v) is 7.08. The summed E-state index contributed by atoms with van der Waals surface area (Å²) in [6.45, 7) is 1.96. The van der Waals surface area contributed by atoms with E-state index in [1.54, 1.807) is 12.1 Å². The summed E-state index contributed by atoms with van der Waals surface area (Å²) in [7, 11) is 0. The molecular formula is C17H16FN3O2. The normalized spacial score (nSPS) is 10.5. The van der Waals surface area contributed by atoms with Gasteiger partial charge in [0.1, 0.15) is 5.82 Å². The molecule has 0 bridgehead atoms. The highest BCUT2D eigenvalue weighted by Gasteiger charge is 2.14. The number of carbonyl (C=O) groups excluding carboxylic acids is 2. The first-order chi connectivity index (χ1) is 11.1. The van der Waals surface area contributed by atoms with Gasteiger partial charge in [0.05, 0.1) is 6.21 Å². The Balaban J connectivity index is 1.92. The van der Waals surface area contributed by atoms with Crippen LogP contribution in [-0.4, -0.2) is 18.0 Å². The third kappa shape index (κ3) is 4.74. The summed E-state index contributed by atoms with van der Waals surface area (Å²) in [5.41, 5.74) is 4.26. The summed E-state index contributed by atoms with van der Waals surface area (Å²) >= 11 is 0. The number of anilines is 1. The summed E-state index contributed by atoms with van der Waals surface area (Å²) in [6, 6.07) is 12.8. The lowest BCUT2D eigenvalue weighted by atomic mass is 10.1. The number of rotatable bonds is 4. The molecule has 2 aromatic rings. The molecule has 0 aliphatic carbocycles. The van der Waals surface area contributed by atoms with Crippen molar-refractivity contribution in [1.29, 1.82) is 0 Å². The van der Waals surface area contributed by atoms with Crippen LogP contribution in [0.4, 0.5) is 10.1 Å². The van der Waals surface area contributed by atoms with Gasteiger partial charge in [0.2, 0.25) is 0 Å². The van der Waals surface area contributed by atoms with Gasteiger partial charge in [0, 0.05) is 5.69 Å². The number of halogens is 1. The molecule has 0 radical (unpaired) electrons. The maximum absolute atomic E-state index is 12.7. The fourth-order valence-electron chi connectivity index (χ4n) is 1.89. The number of aryl methyl sites for hydroxylation is 1. The van der Waals surface area contributed by atoms with E-state index < -0.39 is 11.8 Å². The van der Waals surface area contributed by atoms with Gasteiger partial charge in [-0.1, -0.05) is 37.3 Å². The molecule has 0 fully saturated rings. The fourth-order valence-corrected chi connectivity index (χ4v) is 1.89. The third-order valence-corrected chi connectivity index (χ3v) is 3.10. The van der Waals surface area contributed by atoms with Crippen LogP contribution in [0.25, 0.3) is 0 Å². The first-order valence-electron chi connectivity index (χ1n) is 7.08. The van der Waals surface area contributed by atoms with Gasteiger partial charge >= 0.3 is 11.8 Å². The summed E-state index contributed by atoms with van der Waals surface area (Å²) in [5.74, 6) is -2.04. The molecule has 0 atom stereocenters. The highest BCUT2D eigenvalue weighted by atomic mass is 19.1. The van der Waals surface area contributed by atoms with Crippen molar-refractivity contribution in [2.24, 2.45) is 5.10 Å². The van der Waals surface area contributed by atoms with Crippen LogP contribution < -0.4 is 10.7 Å². The lowest BCUT2D eigenvalue weighted by Gasteiger charge is -2.08. The van der Waals surface area contributed by atoms with Gasteiger partial charge in [0.25, 0.3) is 0 Å². The van der Waals surface area contributed by atoms with E-state index in [0.29, 0.717) is 11.3 Å². The highest BCUT2D eigenvalue weighted by molar-refractivity contribution is 6.39. The van der Waals surface area contributed by atoms with Crippen molar-refractivity contribution in [3.63, 3.8) is 0 Å². The van der Waals surface area contributed by atoms with Gasteiger partial charge in [-0.15, -0.1) is 0 Å². The van der Waals surface area contributed by atoms with Crippen LogP contribution in [0.3, 0.4) is 0 Å². The van der Waals surface area contributed by atoms with E-state index in [0.717, 1.165) is 12.0 Å². The number of benzene rings is 2. The SMILES string of the molecule is CCc1ccccc1NC(=O)C(=O)N/N=C/c1ccc(F)cc1. The first kappa shape index (κ1) is 16.4. The molecule has 2 amide bonds. The number of nitrogens with one attached hydrogen (secondary N) is 2. The number of nitrogens with zero attached hydrogens (tertiary/aromatic N) is 1. The average Bonchev–Trinajstić information content (AvgIpc) is 2.57. The van der Waals surface area contributed by atoms with Gasteiger partial charge in [-0.25, -0.2) is 9.82 Å². The van der Waals surface area contributed by atoms with Crippen molar-refractivity contribution in [2.45, 2.75) is 13.3 Å². The maximum Gasteiger partial charge on any atom is 0.329 e. The molecule has 5 nitrogen and oxygen atoms in total. The van der Waals surface area contributed by atoms with Gasteiger partial charge in [0.15, 0.2) is 0 Å². The van der Waals surface area contributed by atoms with Crippen molar-refractivity contribution >= 4 is 23.7 Å². The number of hydrogen-bond acceptors (Lipinski definition) is 3. The van der Waals surface area contributed by atoms with E-state index in [4.69, 9.17) is 0 Å². The molecule has 0 heterocycles. The molecule has 0 aromatic heterocycles. The van der Waals surface area contributed by atoms with Crippen LogP contribution in [0.1, 0.15) is 18.1 Å². The predicted octanol–water partition coefficient (Wildman–Crippen LogP) is 2.48. The van der Waals surface area contributed by atoms with Gasteiger partial charge in [-0.3, -0.25) is 9.59 Å². The molecule has 2 rings (SSSR count). The average molecular weight is 313 g/mol. The summed E-state index contributed by atoms with van der Waals surface area (Å²) in [6.07, 6.45) is 2.06. The van der Waals surface area contributed by atoms with E-state index in [1.165, 1.54) is 30.5 Å². The van der Waals surface area contributed by atoms with E-state index in [9.17, 15) is 14.0 Å². The highest BCUT2D eigenvalue weighted by Crippen LogP contribution is 2.15. The molecule has 2 N–H and O–H groups in total. The Morgan fingerprint density at radius 1 is 1.09 bits per heavy atom. The molecule has 2 aromatic carbocycles. The molecule has 118 valence electrons. The van der Waals surface area contributed by atoms with Crippen molar-refractivity contribution in [1.82, 2.24) is 5.43 Å². The summed E-state index contributed by atoms with van der Waals surface area (Å²) in [4.78, 5) is 23.5. The van der Waals surface area contributed by atoms with Crippen LogP contribution in [0.2, 0.25) is 0 Å². The Hall–Kier alpha value is -3.02. The van der Waals surface area contributed by atoms with Gasteiger partial charge < -0.3 is 5.32 Å². The number of carbonyl (C=O) groups is 2. The topological polar surface area (TPSA) is 70.6 Å². The molecule has 0 spiro atoms. The van der Waals surface area contributed by atoms with Crippen LogP contribution in [0.5, 0.6) is 0 Å². The van der Waals surface area contributed by atoms with Gasteiger partial charge in [-0.05, 0) is 35.7 Å². The maximum atomic E-state index is 12.7. The quantitative estimate of drug-likeness (QED) is 0.517. The third-order valence-electron chi connectivity index (χ3n) is 3.10. The second kappa shape index (κ2) is 7.84. The number of hydrazone groups is 1. The molecule has 0 saturated heterocycles. The minimum absolute atomic E-state index is 0.361. The van der Waals surface area contributed by atoms with Crippen LogP contribution >= 0.6 is 0 Å². The Kier molecular flexibility index (Phi) is 5.57. The Morgan fingerprint density at radius 3 is 2.48 bits per heavy atom. The van der Waals surface area contributed by atoms with Crippen molar-refractivity contribution in [3.8, 4) is 0 Å². The number of amides is 2. The van der Waals surface area contributed by atoms with E-state index in [-0.39, 0.29) is 5.82 Å². The molecular weight excluding hydrogens is 297 g/mol. The second-order valence-electron chi connectivity index (χ2n) is 4.72. The molecule has 0 aliphatic heterocycles. The fraction of sp³-hybridized carbons (Fsp3) is 0.118. The molecule has 23 heavy (non-hydrogen) atoms. The lowest BCUT2D eigenvalue weighted by Crippen LogP contribution is -2.32. The van der Waals surface area contributed by atoms with Crippen LogP contribution in [0, 0.1) is 5.82 Å². The summed E-state index contributed by atoms with van der Waals surface area (Å²) in [5, 5.41) is 6.21. The Labute approximate surface area is 133 Å². The second-order valence-corrected chi connectivity index (χ2v) is 4.72. The van der Waals surface area contributed by atoms with Crippen LogP contribution in [-0.2, 0) is 16.0 Å². The van der Waals surface area contributed by atoms with Crippen molar-refractivity contribution < 1.29 is 14.0 Å². The molecule has 0 unspecified atom stereocenters. The summed E-state index contributed by atoms with van der Waals surface area (Å²) < 4.78 is 12.7. The van der Waals surface area contributed by atoms with Crippen molar-refractivity contribution in [3.05, 3.63) is 65.5 Å². The number of hydrogen-bond donors (Lipinski definition) is 2. The van der Waals surface area contributed by atoms with Crippen LogP contribution in [0.15, 0.2) is 53.6 Å². The molecule has 6 heteroatoms. The van der Waals surface area contributed by atoms with Crippen molar-refractivity contribution in [2.75, 3.05) is 5.32 Å². The number of para-hydroxylation sites is 1. The standard InChI is InChI=1S/C17H16FN3O2/c1-2-13-5-3-4-6-15(13)20-16(22)17(23)21-19-11-12-7-9-14(18)10-8-12/h3-11H,2H2,1H3,(H,20,22)(H,21,23)/b19-11+. The lowest BCUT2D eigenvalue weighted by molar-refractivity contribution is -0.136. The molecule has 0 saturated carbocycles. The molecule has 0 aliphatic rings. The smallest absolute Gasteiger partial charge is 0.317 e. The Morgan fingerprint density at radius 2 is 1.78 bits per heavy atom. The Bertz CT molecular complexity index is 727.